The fourth-order valence-electron chi connectivity index (χ4n) is 1.15. The number of carbonyl (C=O) groups is 1. The van der Waals surface area contributed by atoms with Gasteiger partial charge < -0.3 is 5.11 Å². The van der Waals surface area contributed by atoms with E-state index in [1.807, 2.05) is 0 Å². The quantitative estimate of drug-likeness (QED) is 0.227. The minimum Gasteiger partial charge on any atom is -0.478 e. The fraction of sp³-hybridized carbons (Fsp3) is 0.0909. The summed E-state index contributed by atoms with van der Waals surface area (Å²) in [4.78, 5) is 20.4. The third-order valence-electron chi connectivity index (χ3n) is 1.93. The largest absolute Gasteiger partial charge is 0.478 e. The Labute approximate surface area is 111 Å². The Morgan fingerprint density at radius 1 is 1.59 bits per heavy atom. The molecule has 1 aromatic rings. The number of nitrogens with zero attached hydrogens (tertiary/aromatic N) is 1. The maximum absolute atomic E-state index is 10.6. The molecule has 17 heavy (non-hydrogen) atoms. The van der Waals surface area contributed by atoms with Crippen LogP contribution < -0.4 is 0 Å². The number of rotatable bonds is 4. The average molecular weight is 345 g/mol. The number of nitro groups is 1. The third kappa shape index (κ3) is 4.01. The van der Waals surface area contributed by atoms with Gasteiger partial charge in [-0.05, 0) is 17.2 Å². The minimum atomic E-state index is -1.11. The molecule has 0 unspecified atom stereocenters. The van der Waals surface area contributed by atoms with E-state index in [9.17, 15) is 14.9 Å². The van der Waals surface area contributed by atoms with Gasteiger partial charge in [-0.2, -0.15) is 0 Å². The Hall–Kier alpha value is -1.66. The second kappa shape index (κ2) is 6.17. The summed E-state index contributed by atoms with van der Waals surface area (Å²) in [5.41, 5.74) is 3.93. The molecule has 0 aliphatic carbocycles. The van der Waals surface area contributed by atoms with Crippen LogP contribution in [-0.4, -0.2) is 16.0 Å². The highest BCUT2D eigenvalue weighted by Crippen LogP contribution is 2.21. The van der Waals surface area contributed by atoms with E-state index in [4.69, 9.17) is 5.11 Å². The van der Waals surface area contributed by atoms with Gasteiger partial charge in [0.05, 0.1) is 11.0 Å². The first-order valence-electron chi connectivity index (χ1n) is 4.53. The maximum atomic E-state index is 10.6. The lowest BCUT2D eigenvalue weighted by molar-refractivity contribution is -0.384. The zero-order valence-corrected chi connectivity index (χ0v) is 10.7. The number of alkyl halides is 1. The van der Waals surface area contributed by atoms with Gasteiger partial charge in [0.15, 0.2) is 0 Å². The van der Waals surface area contributed by atoms with E-state index in [0.29, 0.717) is 9.99 Å². The summed E-state index contributed by atoms with van der Waals surface area (Å²) in [6.07, 6.45) is 2.28. The molecular weight excluding hydrogens is 337 g/mol. The van der Waals surface area contributed by atoms with Gasteiger partial charge in [-0.25, -0.2) is 4.79 Å². The Bertz CT molecular complexity index is 518. The number of hydrogen-bond acceptors (Lipinski definition) is 3. The lowest BCUT2D eigenvalue weighted by Gasteiger charge is -2.00. The predicted octanol–water partition coefficient (Wildman–Crippen LogP) is 2.78. The van der Waals surface area contributed by atoms with Crippen LogP contribution in [0, 0.1) is 10.1 Å². The number of benzene rings is 1. The van der Waals surface area contributed by atoms with Crippen LogP contribution in [0.25, 0.3) is 6.08 Å². The van der Waals surface area contributed by atoms with Crippen LogP contribution in [0.4, 0.5) is 5.69 Å². The molecule has 0 saturated heterocycles. The summed E-state index contributed by atoms with van der Waals surface area (Å²) in [6, 6.07) is 4.47. The van der Waals surface area contributed by atoms with Crippen molar-refractivity contribution in [1.82, 2.24) is 0 Å². The Morgan fingerprint density at radius 3 is 2.82 bits per heavy atom. The second-order valence-electron chi connectivity index (χ2n) is 3.07. The highest BCUT2D eigenvalue weighted by Gasteiger charge is 2.08. The van der Waals surface area contributed by atoms with E-state index in [0.717, 1.165) is 11.6 Å². The van der Waals surface area contributed by atoms with Gasteiger partial charge in [0, 0.05) is 16.6 Å². The minimum absolute atomic E-state index is 0.0259. The number of aliphatic carboxylic acids is 1. The van der Waals surface area contributed by atoms with Crippen LogP contribution in [-0.2, 0) is 9.22 Å². The van der Waals surface area contributed by atoms with Crippen molar-refractivity contribution in [2.24, 2.45) is 0 Å². The van der Waals surface area contributed by atoms with Crippen LogP contribution in [0.5, 0.6) is 0 Å². The van der Waals surface area contributed by atoms with Gasteiger partial charge in [0.1, 0.15) is 0 Å². The van der Waals surface area contributed by atoms with Gasteiger partial charge in [-0.1, -0.05) is 28.7 Å². The maximum Gasteiger partial charge on any atom is 0.336 e. The van der Waals surface area contributed by atoms with Gasteiger partial charge >= 0.3 is 5.97 Å². The lowest BCUT2D eigenvalue weighted by Crippen LogP contribution is -1.91. The average Bonchev–Trinajstić information content (AvgIpc) is 2.28. The smallest absolute Gasteiger partial charge is 0.336 e. The van der Waals surface area contributed by atoms with Crippen molar-refractivity contribution in [3.63, 3.8) is 0 Å². The van der Waals surface area contributed by atoms with Crippen molar-refractivity contribution in [3.05, 3.63) is 51.2 Å². The van der Waals surface area contributed by atoms with E-state index in [1.54, 1.807) is 6.07 Å². The lowest BCUT2D eigenvalue weighted by atomic mass is 10.1. The first kappa shape index (κ1) is 13.4. The number of halogens is 1. The van der Waals surface area contributed by atoms with E-state index in [-0.39, 0.29) is 5.69 Å². The summed E-state index contributed by atoms with van der Waals surface area (Å²) in [7, 11) is 0. The monoisotopic (exact) mass is 345 g/mol. The van der Waals surface area contributed by atoms with Crippen molar-refractivity contribution in [3.8, 4) is 0 Å². The topological polar surface area (TPSA) is 80.4 Å². The highest BCUT2D eigenvalue weighted by molar-refractivity contribution is 14.1. The van der Waals surface area contributed by atoms with Gasteiger partial charge in [-0.3, -0.25) is 10.1 Å². The molecule has 0 atom stereocenters. The van der Waals surface area contributed by atoms with E-state index in [1.165, 1.54) is 18.2 Å². The molecule has 0 aromatic heterocycles. The van der Waals surface area contributed by atoms with Gasteiger partial charge in [-0.15, -0.1) is 5.73 Å². The van der Waals surface area contributed by atoms with Crippen LogP contribution in [0.15, 0.2) is 30.0 Å². The molecule has 1 N–H and O–H groups in total. The summed E-state index contributed by atoms with van der Waals surface area (Å²) < 4.78 is 0.677. The molecule has 1 rings (SSSR count). The fourth-order valence-corrected chi connectivity index (χ4v) is 1.85. The first-order valence-corrected chi connectivity index (χ1v) is 6.06. The molecule has 0 bridgehead atoms. The standard InChI is InChI=1S/C11H8INO4/c12-7-9-4-5-10(13(16)17)6-8(9)2-1-3-11(14)15/h2-6H,7H2,(H,14,15). The number of carboxylic acids is 1. The van der Waals surface area contributed by atoms with Crippen molar-refractivity contribution in [2.75, 3.05) is 0 Å². The number of non-ortho nitro benzene ring substituents is 1. The van der Waals surface area contributed by atoms with E-state index in [2.05, 4.69) is 28.3 Å². The van der Waals surface area contributed by atoms with Crippen molar-refractivity contribution in [2.45, 2.75) is 4.43 Å². The summed E-state index contributed by atoms with van der Waals surface area (Å²) >= 11 is 2.13. The zero-order chi connectivity index (χ0) is 12.8. The molecule has 5 nitrogen and oxygen atoms in total. The van der Waals surface area contributed by atoms with Crippen molar-refractivity contribution < 1.29 is 14.8 Å². The zero-order valence-electron chi connectivity index (χ0n) is 8.59. The Kier molecular flexibility index (Phi) is 4.86. The molecule has 0 amide bonds. The Morgan fingerprint density at radius 2 is 2.29 bits per heavy atom. The normalized spacial score (nSPS) is 9.24. The third-order valence-corrected chi connectivity index (χ3v) is 2.75. The molecule has 0 heterocycles. The number of carboxylic acid groups (broad SMARTS) is 1. The van der Waals surface area contributed by atoms with Crippen LogP contribution in [0.1, 0.15) is 11.1 Å². The predicted molar refractivity (Wildman–Crippen MR) is 71.0 cm³/mol. The number of hydrogen-bond donors (Lipinski definition) is 1. The second-order valence-corrected chi connectivity index (χ2v) is 3.83. The molecule has 0 aliphatic heterocycles. The SMILES string of the molecule is O=C(O)C=C=Cc1cc([N+](=O)[O-])ccc1CI. The van der Waals surface area contributed by atoms with Gasteiger partial charge in [0.25, 0.3) is 5.69 Å². The molecule has 0 saturated carbocycles. The van der Waals surface area contributed by atoms with Crippen LogP contribution in [0.2, 0.25) is 0 Å². The molecule has 0 spiro atoms. The van der Waals surface area contributed by atoms with Crippen molar-refractivity contribution >= 4 is 40.3 Å². The van der Waals surface area contributed by atoms with Gasteiger partial charge in [0.2, 0.25) is 0 Å². The molecule has 88 valence electrons. The molecule has 0 radical (unpaired) electrons. The molecule has 0 fully saturated rings. The first-order chi connectivity index (χ1) is 8.04. The molecular formula is C11H8INO4. The summed E-state index contributed by atoms with van der Waals surface area (Å²) in [5, 5.41) is 19.0. The Balaban J connectivity index is 3.19. The molecule has 1 aromatic carbocycles. The molecule has 6 heteroatoms. The van der Waals surface area contributed by atoms with E-state index >= 15 is 0 Å². The summed E-state index contributed by atoms with van der Waals surface area (Å²) in [6.45, 7) is 0. The number of nitro benzene ring substituents is 1. The van der Waals surface area contributed by atoms with Crippen molar-refractivity contribution in [1.29, 1.82) is 0 Å². The van der Waals surface area contributed by atoms with Crippen LogP contribution in [0.3, 0.4) is 0 Å². The summed E-state index contributed by atoms with van der Waals surface area (Å²) in [5.74, 6) is -1.11. The molecule has 0 aliphatic rings. The van der Waals surface area contributed by atoms with Crippen LogP contribution >= 0.6 is 22.6 Å². The highest BCUT2D eigenvalue weighted by atomic mass is 127. The van der Waals surface area contributed by atoms with E-state index < -0.39 is 10.9 Å².